The summed E-state index contributed by atoms with van der Waals surface area (Å²) in [6.45, 7) is 3.75. The van der Waals surface area contributed by atoms with E-state index in [1.807, 2.05) is 11.8 Å². The Kier molecular flexibility index (Phi) is 2.84. The van der Waals surface area contributed by atoms with E-state index in [0.717, 1.165) is 6.54 Å². The Morgan fingerprint density at radius 3 is 2.27 bits per heavy atom. The first-order valence-electron chi connectivity index (χ1n) is 3.93. The Morgan fingerprint density at radius 1 is 1.45 bits per heavy atom. The summed E-state index contributed by atoms with van der Waals surface area (Å²) in [6.07, 6.45) is -1.18. The molecule has 0 bridgehead atoms. The number of hydrogen-bond donors (Lipinski definition) is 3. The van der Waals surface area contributed by atoms with Crippen LogP contribution in [0.15, 0.2) is 0 Å². The number of aliphatic hydroxyl groups excluding tert-OH is 2. The zero-order valence-electron chi connectivity index (χ0n) is 6.77. The third-order valence-corrected chi connectivity index (χ3v) is 1.88. The lowest BCUT2D eigenvalue weighted by atomic mass is 10.3. The normalized spacial score (nSPS) is 36.0. The van der Waals surface area contributed by atoms with Crippen LogP contribution >= 0.6 is 0 Å². The number of rotatable bonds is 2. The molecule has 1 aliphatic heterocycles. The van der Waals surface area contributed by atoms with E-state index in [1.54, 1.807) is 0 Å². The maximum Gasteiger partial charge on any atom is 0.0938 e. The van der Waals surface area contributed by atoms with Crippen molar-refractivity contribution in [2.45, 2.75) is 25.2 Å². The molecule has 1 saturated heterocycles. The smallest absolute Gasteiger partial charge is 0.0938 e. The second kappa shape index (κ2) is 3.49. The fraction of sp³-hybridized carbons (Fsp3) is 1.00. The molecule has 1 aliphatic rings. The summed E-state index contributed by atoms with van der Waals surface area (Å²) in [6, 6.07) is 0.104. The van der Waals surface area contributed by atoms with Crippen molar-refractivity contribution in [1.82, 2.24) is 4.90 Å². The Balaban J connectivity index is 2.29. The van der Waals surface area contributed by atoms with Crippen molar-refractivity contribution in [2.75, 3.05) is 19.6 Å². The summed E-state index contributed by atoms with van der Waals surface area (Å²) in [5, 5.41) is 18.3. The van der Waals surface area contributed by atoms with Crippen LogP contribution in [0.25, 0.3) is 0 Å². The van der Waals surface area contributed by atoms with E-state index in [2.05, 4.69) is 0 Å². The molecule has 0 unspecified atom stereocenters. The van der Waals surface area contributed by atoms with E-state index in [4.69, 9.17) is 15.9 Å². The molecule has 0 amide bonds. The van der Waals surface area contributed by atoms with E-state index >= 15 is 0 Å². The van der Waals surface area contributed by atoms with Gasteiger partial charge in [-0.1, -0.05) is 0 Å². The summed E-state index contributed by atoms with van der Waals surface area (Å²) >= 11 is 0. The average Bonchev–Trinajstić information content (AvgIpc) is 2.10. The molecule has 11 heavy (non-hydrogen) atoms. The van der Waals surface area contributed by atoms with Crippen molar-refractivity contribution < 1.29 is 10.2 Å². The van der Waals surface area contributed by atoms with Gasteiger partial charge in [0.25, 0.3) is 0 Å². The highest BCUT2D eigenvalue weighted by Crippen LogP contribution is 2.09. The van der Waals surface area contributed by atoms with Gasteiger partial charge in [0.15, 0.2) is 0 Å². The van der Waals surface area contributed by atoms with Crippen LogP contribution in [0.5, 0.6) is 0 Å². The molecule has 0 aliphatic carbocycles. The van der Waals surface area contributed by atoms with Gasteiger partial charge in [-0.25, -0.2) is 0 Å². The highest BCUT2D eigenvalue weighted by molar-refractivity contribution is 4.84. The number of nitrogens with two attached hydrogens (primary N) is 1. The van der Waals surface area contributed by atoms with Gasteiger partial charge in [-0.05, 0) is 6.92 Å². The zero-order chi connectivity index (χ0) is 8.43. The number of nitrogens with zero attached hydrogens (tertiary/aromatic N) is 1. The summed E-state index contributed by atoms with van der Waals surface area (Å²) in [5.74, 6) is 0. The van der Waals surface area contributed by atoms with E-state index in [0.29, 0.717) is 13.1 Å². The lowest BCUT2D eigenvalue weighted by Gasteiger charge is -2.16. The van der Waals surface area contributed by atoms with Crippen LogP contribution in [0.2, 0.25) is 0 Å². The SMILES string of the molecule is C[C@H](N)CN1C[C@H](O)[C@@H](O)C1. The van der Waals surface area contributed by atoms with Gasteiger partial charge >= 0.3 is 0 Å². The molecule has 1 rings (SSSR count). The summed E-state index contributed by atoms with van der Waals surface area (Å²) < 4.78 is 0. The maximum atomic E-state index is 9.15. The maximum absolute atomic E-state index is 9.15. The van der Waals surface area contributed by atoms with Crippen molar-refractivity contribution in [2.24, 2.45) is 5.73 Å². The number of β-amino-alcohol motifs (C(OH)–C–C–N with tert-alkyl or cyclic N) is 2. The van der Waals surface area contributed by atoms with Gasteiger partial charge in [0.05, 0.1) is 12.2 Å². The van der Waals surface area contributed by atoms with Crippen molar-refractivity contribution >= 4 is 0 Å². The van der Waals surface area contributed by atoms with Gasteiger partial charge in [0.2, 0.25) is 0 Å². The fourth-order valence-corrected chi connectivity index (χ4v) is 1.40. The predicted molar refractivity (Wildman–Crippen MR) is 42.1 cm³/mol. The van der Waals surface area contributed by atoms with Crippen molar-refractivity contribution in [3.05, 3.63) is 0 Å². The van der Waals surface area contributed by atoms with Gasteiger partial charge in [0, 0.05) is 25.7 Å². The topological polar surface area (TPSA) is 69.7 Å². The number of likely N-dealkylation sites (tertiary alicyclic amines) is 1. The predicted octanol–water partition coefficient (Wildman–Crippen LogP) is -1.63. The molecule has 1 fully saturated rings. The molecular weight excluding hydrogens is 144 g/mol. The molecular formula is C7H16N2O2. The minimum Gasteiger partial charge on any atom is -0.389 e. The third-order valence-electron chi connectivity index (χ3n) is 1.88. The van der Waals surface area contributed by atoms with E-state index in [-0.39, 0.29) is 6.04 Å². The summed E-state index contributed by atoms with van der Waals surface area (Å²) in [5.41, 5.74) is 5.56. The van der Waals surface area contributed by atoms with Gasteiger partial charge in [-0.2, -0.15) is 0 Å². The minimum atomic E-state index is -0.589. The van der Waals surface area contributed by atoms with Crippen LogP contribution in [0.3, 0.4) is 0 Å². The Labute approximate surface area is 66.6 Å². The van der Waals surface area contributed by atoms with E-state index < -0.39 is 12.2 Å². The first-order chi connectivity index (χ1) is 5.09. The van der Waals surface area contributed by atoms with Crippen LogP contribution < -0.4 is 5.73 Å². The van der Waals surface area contributed by atoms with Crippen LogP contribution in [0.4, 0.5) is 0 Å². The molecule has 0 saturated carbocycles. The van der Waals surface area contributed by atoms with Gasteiger partial charge in [-0.15, -0.1) is 0 Å². The first-order valence-corrected chi connectivity index (χ1v) is 3.93. The highest BCUT2D eigenvalue weighted by atomic mass is 16.3. The molecule has 1 heterocycles. The van der Waals surface area contributed by atoms with Crippen molar-refractivity contribution in [1.29, 1.82) is 0 Å². The molecule has 4 N–H and O–H groups in total. The van der Waals surface area contributed by atoms with E-state index in [9.17, 15) is 0 Å². The second-order valence-corrected chi connectivity index (χ2v) is 3.33. The largest absolute Gasteiger partial charge is 0.389 e. The lowest BCUT2D eigenvalue weighted by Crippen LogP contribution is -2.34. The van der Waals surface area contributed by atoms with Crippen molar-refractivity contribution in [3.8, 4) is 0 Å². The molecule has 0 radical (unpaired) electrons. The fourth-order valence-electron chi connectivity index (χ4n) is 1.40. The molecule has 0 spiro atoms. The molecule has 0 aromatic heterocycles. The standard InChI is InChI=1S/C7H16N2O2/c1-5(8)2-9-3-6(10)7(11)4-9/h5-7,10-11H,2-4,8H2,1H3/t5-,6-,7-/m0/s1. The summed E-state index contributed by atoms with van der Waals surface area (Å²) in [7, 11) is 0. The van der Waals surface area contributed by atoms with Crippen LogP contribution in [-0.2, 0) is 0 Å². The Hall–Kier alpha value is -0.160. The van der Waals surface area contributed by atoms with Crippen LogP contribution in [0, 0.1) is 0 Å². The molecule has 4 nitrogen and oxygen atoms in total. The van der Waals surface area contributed by atoms with Crippen molar-refractivity contribution in [3.63, 3.8) is 0 Å². The molecule has 0 aromatic rings. The number of aliphatic hydroxyl groups is 2. The minimum absolute atomic E-state index is 0.104. The molecule has 0 aromatic carbocycles. The zero-order valence-corrected chi connectivity index (χ0v) is 6.77. The van der Waals surface area contributed by atoms with Gasteiger partial charge in [0.1, 0.15) is 0 Å². The summed E-state index contributed by atoms with van der Waals surface area (Å²) in [4.78, 5) is 1.97. The lowest BCUT2D eigenvalue weighted by molar-refractivity contribution is 0.0572. The molecule has 66 valence electrons. The Bertz CT molecular complexity index is 117. The number of hydrogen-bond acceptors (Lipinski definition) is 4. The van der Waals surface area contributed by atoms with Gasteiger partial charge in [-0.3, -0.25) is 4.90 Å². The van der Waals surface area contributed by atoms with Crippen LogP contribution in [0.1, 0.15) is 6.92 Å². The van der Waals surface area contributed by atoms with Crippen LogP contribution in [-0.4, -0.2) is 53.0 Å². The average molecular weight is 160 g/mol. The monoisotopic (exact) mass is 160 g/mol. The first kappa shape index (κ1) is 8.93. The van der Waals surface area contributed by atoms with Gasteiger partial charge < -0.3 is 15.9 Å². The van der Waals surface area contributed by atoms with E-state index in [1.165, 1.54) is 0 Å². The molecule has 4 heteroatoms. The molecule has 3 atom stereocenters. The quantitative estimate of drug-likeness (QED) is 0.453. The Morgan fingerprint density at radius 2 is 1.91 bits per heavy atom. The second-order valence-electron chi connectivity index (χ2n) is 3.33. The third kappa shape index (κ3) is 2.41. The highest BCUT2D eigenvalue weighted by Gasteiger charge is 2.29.